The van der Waals surface area contributed by atoms with E-state index in [2.05, 4.69) is 0 Å². The lowest BCUT2D eigenvalue weighted by atomic mass is 9.94. The van der Waals surface area contributed by atoms with E-state index in [0.29, 0.717) is 6.54 Å². The van der Waals surface area contributed by atoms with Crippen molar-refractivity contribution in [2.24, 2.45) is 11.1 Å². The van der Waals surface area contributed by atoms with Crippen LogP contribution >= 0.6 is 0 Å². The van der Waals surface area contributed by atoms with Gasteiger partial charge in [0.05, 0.1) is 11.5 Å². The van der Waals surface area contributed by atoms with Crippen LogP contribution in [0.3, 0.4) is 0 Å². The summed E-state index contributed by atoms with van der Waals surface area (Å²) in [5.74, 6) is -0.744. The summed E-state index contributed by atoms with van der Waals surface area (Å²) in [6.07, 6.45) is 1.02. The van der Waals surface area contributed by atoms with Crippen molar-refractivity contribution in [1.82, 2.24) is 4.31 Å². The Labute approximate surface area is 104 Å². The van der Waals surface area contributed by atoms with Crippen molar-refractivity contribution in [2.75, 3.05) is 37.9 Å². The Morgan fingerprint density at radius 1 is 1.12 bits per heavy atom. The highest BCUT2D eigenvalue weighted by Gasteiger charge is 2.26. The number of rotatable bonds is 7. The molecule has 0 saturated heterocycles. The summed E-state index contributed by atoms with van der Waals surface area (Å²) in [7, 11) is -5.37. The Bertz CT molecular complexity index is 440. The van der Waals surface area contributed by atoms with Crippen molar-refractivity contribution in [3.05, 3.63) is 0 Å². The molecule has 0 saturated carbocycles. The first kappa shape index (κ1) is 16.8. The van der Waals surface area contributed by atoms with Gasteiger partial charge in [0.1, 0.15) is 9.84 Å². The second-order valence-electron chi connectivity index (χ2n) is 5.07. The van der Waals surface area contributed by atoms with Crippen molar-refractivity contribution in [1.29, 1.82) is 0 Å². The molecule has 0 aliphatic carbocycles. The zero-order valence-electron chi connectivity index (χ0n) is 10.8. The summed E-state index contributed by atoms with van der Waals surface area (Å²) in [4.78, 5) is 0. The molecule has 0 heterocycles. The van der Waals surface area contributed by atoms with Crippen molar-refractivity contribution in [2.45, 2.75) is 13.8 Å². The van der Waals surface area contributed by atoms with E-state index in [0.717, 1.165) is 6.26 Å². The number of hydrogen-bond acceptors (Lipinski definition) is 5. The lowest BCUT2D eigenvalue weighted by Gasteiger charge is -2.28. The number of nitrogens with two attached hydrogens (primary N) is 1. The van der Waals surface area contributed by atoms with E-state index in [9.17, 15) is 16.8 Å². The molecule has 0 radical (unpaired) electrons. The summed E-state index contributed by atoms with van der Waals surface area (Å²) >= 11 is 0. The van der Waals surface area contributed by atoms with E-state index >= 15 is 0 Å². The standard InChI is InChI=1S/C9H22N2O4S2/c1-9(2,7-10)8-11(3)17(14,15)6-5-16(4,12)13/h5-8,10H2,1-4H3. The van der Waals surface area contributed by atoms with Gasteiger partial charge in [-0.05, 0) is 12.0 Å². The van der Waals surface area contributed by atoms with Crippen molar-refractivity contribution < 1.29 is 16.8 Å². The minimum Gasteiger partial charge on any atom is -0.330 e. The van der Waals surface area contributed by atoms with Crippen LogP contribution in [0.2, 0.25) is 0 Å². The SMILES string of the molecule is CN(CC(C)(C)CN)S(=O)(=O)CCS(C)(=O)=O. The summed E-state index contributed by atoms with van der Waals surface area (Å²) in [5, 5.41) is 0. The summed E-state index contributed by atoms with van der Waals surface area (Å²) < 4.78 is 46.6. The van der Waals surface area contributed by atoms with Gasteiger partial charge in [-0.25, -0.2) is 21.1 Å². The van der Waals surface area contributed by atoms with Crippen LogP contribution in [0.25, 0.3) is 0 Å². The van der Waals surface area contributed by atoms with Gasteiger partial charge < -0.3 is 5.73 Å². The lowest BCUT2D eigenvalue weighted by molar-refractivity contribution is 0.292. The average molecular weight is 286 g/mol. The molecule has 0 atom stereocenters. The molecule has 0 aromatic rings. The van der Waals surface area contributed by atoms with Crippen LogP contribution in [0.15, 0.2) is 0 Å². The summed E-state index contributed by atoms with van der Waals surface area (Å²) in [6, 6.07) is 0. The largest absolute Gasteiger partial charge is 0.330 e. The minimum atomic E-state index is -3.54. The fraction of sp³-hybridized carbons (Fsp3) is 1.00. The molecule has 104 valence electrons. The minimum absolute atomic E-state index is 0.273. The molecule has 0 fully saturated rings. The smallest absolute Gasteiger partial charge is 0.214 e. The molecule has 0 spiro atoms. The highest BCUT2D eigenvalue weighted by Crippen LogP contribution is 2.16. The van der Waals surface area contributed by atoms with Crippen LogP contribution in [0.1, 0.15) is 13.8 Å². The molecule has 0 aliphatic rings. The summed E-state index contributed by atoms with van der Waals surface area (Å²) in [6.45, 7) is 4.35. The number of sulfone groups is 1. The van der Waals surface area contributed by atoms with Crippen molar-refractivity contribution in [3.63, 3.8) is 0 Å². The maximum absolute atomic E-state index is 11.8. The molecule has 0 unspecified atom stereocenters. The van der Waals surface area contributed by atoms with E-state index in [1.165, 1.54) is 11.4 Å². The Hall–Kier alpha value is -0.180. The maximum Gasteiger partial charge on any atom is 0.214 e. The van der Waals surface area contributed by atoms with Crippen LogP contribution in [0.5, 0.6) is 0 Å². The van der Waals surface area contributed by atoms with Gasteiger partial charge >= 0.3 is 0 Å². The Morgan fingerprint density at radius 2 is 1.59 bits per heavy atom. The summed E-state index contributed by atoms with van der Waals surface area (Å²) in [5.41, 5.74) is 5.20. The molecule has 0 rings (SSSR count). The molecule has 0 bridgehead atoms. The van der Waals surface area contributed by atoms with Crippen LogP contribution in [-0.2, 0) is 19.9 Å². The highest BCUT2D eigenvalue weighted by molar-refractivity contribution is 7.93. The van der Waals surface area contributed by atoms with Crippen molar-refractivity contribution >= 4 is 19.9 Å². The van der Waals surface area contributed by atoms with Gasteiger partial charge in [0.2, 0.25) is 10.0 Å². The van der Waals surface area contributed by atoms with Crippen LogP contribution in [0.4, 0.5) is 0 Å². The molecule has 0 amide bonds. The van der Waals surface area contributed by atoms with E-state index in [-0.39, 0.29) is 23.5 Å². The van der Waals surface area contributed by atoms with Gasteiger partial charge in [-0.15, -0.1) is 0 Å². The fourth-order valence-corrected chi connectivity index (χ4v) is 4.09. The fourth-order valence-electron chi connectivity index (χ4n) is 1.18. The molecular formula is C9H22N2O4S2. The van der Waals surface area contributed by atoms with E-state index in [1.807, 2.05) is 13.8 Å². The first-order valence-corrected chi connectivity index (χ1v) is 8.88. The molecular weight excluding hydrogens is 264 g/mol. The number of sulfonamides is 1. The predicted molar refractivity (Wildman–Crippen MR) is 69.0 cm³/mol. The third-order valence-corrected chi connectivity index (χ3v) is 5.39. The second-order valence-corrected chi connectivity index (χ2v) is 9.53. The van der Waals surface area contributed by atoms with E-state index in [1.54, 1.807) is 0 Å². The first-order valence-electron chi connectivity index (χ1n) is 5.21. The van der Waals surface area contributed by atoms with Crippen LogP contribution < -0.4 is 5.73 Å². The quantitative estimate of drug-likeness (QED) is 0.666. The van der Waals surface area contributed by atoms with Gasteiger partial charge in [-0.3, -0.25) is 0 Å². The maximum atomic E-state index is 11.8. The number of hydrogen-bond donors (Lipinski definition) is 1. The molecule has 6 nitrogen and oxygen atoms in total. The van der Waals surface area contributed by atoms with Crippen LogP contribution in [0, 0.1) is 5.41 Å². The zero-order chi connectivity index (χ0) is 13.9. The third kappa shape index (κ3) is 6.97. The Kier molecular flexibility index (Phi) is 5.58. The van der Waals surface area contributed by atoms with Gasteiger partial charge in [-0.2, -0.15) is 0 Å². The van der Waals surface area contributed by atoms with Gasteiger partial charge in [0, 0.05) is 19.8 Å². The number of nitrogens with zero attached hydrogens (tertiary/aromatic N) is 1. The van der Waals surface area contributed by atoms with E-state index < -0.39 is 19.9 Å². The normalized spacial score (nSPS) is 14.2. The topological polar surface area (TPSA) is 97.5 Å². The average Bonchev–Trinajstić information content (AvgIpc) is 2.13. The molecule has 8 heteroatoms. The zero-order valence-corrected chi connectivity index (χ0v) is 12.4. The Balaban J connectivity index is 4.62. The van der Waals surface area contributed by atoms with Gasteiger partial charge in [0.25, 0.3) is 0 Å². The monoisotopic (exact) mass is 286 g/mol. The molecule has 2 N–H and O–H groups in total. The Morgan fingerprint density at radius 3 is 1.94 bits per heavy atom. The molecule has 0 aromatic carbocycles. The lowest BCUT2D eigenvalue weighted by Crippen LogP contribution is -2.41. The second kappa shape index (κ2) is 5.64. The van der Waals surface area contributed by atoms with Crippen LogP contribution in [-0.4, -0.2) is 59.0 Å². The molecule has 0 aliphatic heterocycles. The molecule has 0 aromatic heterocycles. The van der Waals surface area contributed by atoms with Crippen molar-refractivity contribution in [3.8, 4) is 0 Å². The first-order chi connectivity index (χ1) is 7.40. The third-order valence-electron chi connectivity index (χ3n) is 2.39. The predicted octanol–water partition coefficient (Wildman–Crippen LogP) is -0.722. The van der Waals surface area contributed by atoms with Gasteiger partial charge in [0.15, 0.2) is 0 Å². The molecule has 17 heavy (non-hydrogen) atoms. The van der Waals surface area contributed by atoms with E-state index in [4.69, 9.17) is 5.73 Å². The van der Waals surface area contributed by atoms with Gasteiger partial charge in [-0.1, -0.05) is 13.8 Å². The highest BCUT2D eigenvalue weighted by atomic mass is 32.2.